The van der Waals surface area contributed by atoms with Gasteiger partial charge in [0.15, 0.2) is 0 Å². The fourth-order valence-electron chi connectivity index (χ4n) is 6.19. The van der Waals surface area contributed by atoms with E-state index in [4.69, 9.17) is 4.74 Å². The van der Waals surface area contributed by atoms with E-state index in [0.29, 0.717) is 18.8 Å². The van der Waals surface area contributed by atoms with Crippen molar-refractivity contribution in [3.63, 3.8) is 0 Å². The van der Waals surface area contributed by atoms with Gasteiger partial charge in [-0.3, -0.25) is 9.59 Å². The fourth-order valence-corrected chi connectivity index (χ4v) is 6.19. The van der Waals surface area contributed by atoms with Gasteiger partial charge in [-0.25, -0.2) is 0 Å². The lowest BCUT2D eigenvalue weighted by molar-refractivity contribution is -0.155. The molecule has 0 spiro atoms. The summed E-state index contributed by atoms with van der Waals surface area (Å²) in [6.07, 6.45) is 4.52. The average molecular weight is 405 g/mol. The highest BCUT2D eigenvalue weighted by Gasteiger charge is 2.67. The Morgan fingerprint density at radius 2 is 1.87 bits per heavy atom. The smallest absolute Gasteiger partial charge is 0.313 e. The molecule has 2 saturated carbocycles. The van der Waals surface area contributed by atoms with Crippen LogP contribution < -0.4 is 0 Å². The number of allylic oxidation sites excluding steroid dienone is 1. The Hall–Kier alpha value is -2.42. The lowest BCUT2D eigenvalue weighted by Gasteiger charge is -2.40. The first-order valence-corrected chi connectivity index (χ1v) is 11.1. The van der Waals surface area contributed by atoms with Crippen molar-refractivity contribution < 1.29 is 14.3 Å². The zero-order valence-corrected chi connectivity index (χ0v) is 18.3. The van der Waals surface area contributed by atoms with Gasteiger partial charge in [-0.05, 0) is 46.4 Å². The van der Waals surface area contributed by atoms with Crippen LogP contribution in [0.4, 0.5) is 0 Å². The highest BCUT2D eigenvalue weighted by atomic mass is 16.5. The number of Topliss-reactive ketones (excluding diaryl/α,β-unsaturated/α-hetero) is 1. The van der Waals surface area contributed by atoms with Crippen molar-refractivity contribution in [3.05, 3.63) is 60.7 Å². The van der Waals surface area contributed by atoms with Crippen molar-refractivity contribution in [1.82, 2.24) is 0 Å². The van der Waals surface area contributed by atoms with Gasteiger partial charge in [0.2, 0.25) is 0 Å². The predicted molar refractivity (Wildman–Crippen MR) is 120 cm³/mol. The third kappa shape index (κ3) is 3.19. The zero-order valence-electron chi connectivity index (χ0n) is 18.3. The molecular formula is C27H32O3. The van der Waals surface area contributed by atoms with Crippen LogP contribution in [-0.2, 0) is 14.3 Å². The second-order valence-corrected chi connectivity index (χ2v) is 9.83. The van der Waals surface area contributed by atoms with E-state index >= 15 is 0 Å². The number of fused-ring (bicyclic) bond motifs is 3. The lowest BCUT2D eigenvalue weighted by Crippen LogP contribution is -2.35. The van der Waals surface area contributed by atoms with Gasteiger partial charge in [0.1, 0.15) is 18.3 Å². The van der Waals surface area contributed by atoms with Gasteiger partial charge < -0.3 is 4.74 Å². The van der Waals surface area contributed by atoms with Crippen molar-refractivity contribution in [2.24, 2.45) is 16.7 Å². The van der Waals surface area contributed by atoms with Crippen LogP contribution in [0, 0.1) is 16.7 Å². The molecule has 2 fully saturated rings. The van der Waals surface area contributed by atoms with E-state index in [2.05, 4.69) is 69.8 Å². The number of rotatable bonds is 7. The van der Waals surface area contributed by atoms with Gasteiger partial charge in [0, 0.05) is 18.3 Å². The largest absolute Gasteiger partial charge is 0.461 e. The number of esters is 1. The van der Waals surface area contributed by atoms with Crippen molar-refractivity contribution in [2.45, 2.75) is 64.9 Å². The Morgan fingerprint density at radius 1 is 1.13 bits per heavy atom. The summed E-state index contributed by atoms with van der Waals surface area (Å²) in [7, 11) is 0. The SMILES string of the molecule is C=CCCC(=O)CC(=O)O[C@@H]1[C@H]2CC[C@@](C)([C@@H]1c1cccc3ccccc13)C2(C)C. The van der Waals surface area contributed by atoms with E-state index < -0.39 is 0 Å². The number of hydrogen-bond acceptors (Lipinski definition) is 3. The number of ether oxygens (including phenoxy) is 1. The van der Waals surface area contributed by atoms with Crippen LogP contribution in [0.15, 0.2) is 55.1 Å². The van der Waals surface area contributed by atoms with Gasteiger partial charge in [-0.2, -0.15) is 0 Å². The molecule has 0 radical (unpaired) electrons. The number of benzene rings is 2. The molecule has 4 rings (SSSR count). The molecular weight excluding hydrogens is 372 g/mol. The molecule has 0 N–H and O–H groups in total. The minimum Gasteiger partial charge on any atom is -0.461 e. The van der Waals surface area contributed by atoms with Crippen LogP contribution in [0.25, 0.3) is 10.8 Å². The average Bonchev–Trinajstić information content (AvgIpc) is 3.03. The Kier molecular flexibility index (Phi) is 5.34. The molecule has 2 aromatic rings. The quantitative estimate of drug-likeness (QED) is 0.313. The van der Waals surface area contributed by atoms with Crippen molar-refractivity contribution in [3.8, 4) is 0 Å². The normalized spacial score (nSPS) is 29.1. The van der Waals surface area contributed by atoms with Gasteiger partial charge in [0.25, 0.3) is 0 Å². The Bertz CT molecular complexity index is 983. The van der Waals surface area contributed by atoms with Crippen LogP contribution in [0.2, 0.25) is 0 Å². The van der Waals surface area contributed by atoms with E-state index in [1.54, 1.807) is 6.08 Å². The van der Waals surface area contributed by atoms with Crippen LogP contribution in [-0.4, -0.2) is 17.9 Å². The number of carbonyl (C=O) groups excluding carboxylic acids is 2. The molecule has 3 nitrogen and oxygen atoms in total. The molecule has 0 unspecified atom stereocenters. The summed E-state index contributed by atoms with van der Waals surface area (Å²) in [4.78, 5) is 24.8. The van der Waals surface area contributed by atoms with Crippen molar-refractivity contribution >= 4 is 22.5 Å². The number of carbonyl (C=O) groups is 2. The third-order valence-corrected chi connectivity index (χ3v) is 8.18. The molecule has 0 amide bonds. The molecule has 158 valence electrons. The molecule has 3 heteroatoms. The molecule has 2 bridgehead atoms. The Balaban J connectivity index is 1.69. The molecule has 4 atom stereocenters. The van der Waals surface area contributed by atoms with Gasteiger partial charge in [-0.1, -0.05) is 69.3 Å². The Morgan fingerprint density at radius 3 is 2.63 bits per heavy atom. The highest BCUT2D eigenvalue weighted by Crippen LogP contribution is 2.71. The highest BCUT2D eigenvalue weighted by molar-refractivity contribution is 5.95. The monoisotopic (exact) mass is 404 g/mol. The van der Waals surface area contributed by atoms with E-state index in [1.807, 2.05) is 0 Å². The Labute approximate surface area is 179 Å². The van der Waals surface area contributed by atoms with E-state index in [-0.39, 0.29) is 41.0 Å². The predicted octanol–water partition coefficient (Wildman–Crippen LogP) is 6.22. The van der Waals surface area contributed by atoms with Crippen LogP contribution in [0.3, 0.4) is 0 Å². The summed E-state index contributed by atoms with van der Waals surface area (Å²) in [5.74, 6) is -0.0234. The fraction of sp³-hybridized carbons (Fsp3) is 0.481. The maximum absolute atomic E-state index is 12.7. The third-order valence-electron chi connectivity index (χ3n) is 8.18. The van der Waals surface area contributed by atoms with Crippen molar-refractivity contribution in [2.75, 3.05) is 0 Å². The molecule has 2 aromatic carbocycles. The first-order valence-electron chi connectivity index (χ1n) is 11.1. The molecule has 2 aliphatic rings. The van der Waals surface area contributed by atoms with Crippen LogP contribution >= 0.6 is 0 Å². The first kappa shape index (κ1) is 20.8. The van der Waals surface area contributed by atoms with Gasteiger partial charge >= 0.3 is 5.97 Å². The van der Waals surface area contributed by atoms with Gasteiger partial charge in [0.05, 0.1) is 0 Å². The topological polar surface area (TPSA) is 43.4 Å². The number of hydrogen-bond donors (Lipinski definition) is 0. The molecule has 0 saturated heterocycles. The van der Waals surface area contributed by atoms with Crippen molar-refractivity contribution in [1.29, 1.82) is 0 Å². The standard InChI is InChI=1S/C27H32O3/c1-5-6-12-19(28)17-23(29)30-25-22-15-16-27(4,26(22,2)3)24(25)21-14-9-11-18-10-7-8-13-20(18)21/h5,7-11,13-14,22,24-25H,1,6,12,15-17H2,2-4H3/t22-,24-,25-,27+/m1/s1. The summed E-state index contributed by atoms with van der Waals surface area (Å²) < 4.78 is 6.13. The summed E-state index contributed by atoms with van der Waals surface area (Å²) in [5.41, 5.74) is 1.37. The maximum atomic E-state index is 12.7. The first-order chi connectivity index (χ1) is 14.3. The summed E-state index contributed by atoms with van der Waals surface area (Å²) in [6, 6.07) is 14.9. The molecule has 2 aliphatic carbocycles. The van der Waals surface area contributed by atoms with Crippen LogP contribution in [0.5, 0.6) is 0 Å². The van der Waals surface area contributed by atoms with E-state index in [0.717, 1.165) is 12.8 Å². The van der Waals surface area contributed by atoms with Crippen LogP contribution in [0.1, 0.15) is 64.4 Å². The van der Waals surface area contributed by atoms with Gasteiger partial charge in [-0.15, -0.1) is 6.58 Å². The molecule has 0 heterocycles. The summed E-state index contributed by atoms with van der Waals surface area (Å²) >= 11 is 0. The zero-order chi connectivity index (χ0) is 21.5. The number of ketones is 1. The molecule has 0 aromatic heterocycles. The van der Waals surface area contributed by atoms with E-state index in [1.165, 1.54) is 16.3 Å². The summed E-state index contributed by atoms with van der Waals surface area (Å²) in [6.45, 7) is 10.7. The second kappa shape index (κ2) is 7.68. The summed E-state index contributed by atoms with van der Waals surface area (Å²) in [5, 5.41) is 2.45. The van der Waals surface area contributed by atoms with E-state index in [9.17, 15) is 9.59 Å². The minimum atomic E-state index is -0.383. The minimum absolute atomic E-state index is 0.0413. The maximum Gasteiger partial charge on any atom is 0.313 e. The molecule has 30 heavy (non-hydrogen) atoms. The second-order valence-electron chi connectivity index (χ2n) is 9.83. The lowest BCUT2D eigenvalue weighted by atomic mass is 9.64. The molecule has 0 aliphatic heterocycles.